The maximum absolute atomic E-state index is 12.8. The second-order valence-electron chi connectivity index (χ2n) is 7.30. The summed E-state index contributed by atoms with van der Waals surface area (Å²) in [5, 5.41) is 3.03. The van der Waals surface area contributed by atoms with E-state index in [1.165, 1.54) is 0 Å². The molecule has 0 radical (unpaired) electrons. The first-order valence-corrected chi connectivity index (χ1v) is 10.0. The normalized spacial score (nSPS) is 16.3. The van der Waals surface area contributed by atoms with Crippen LogP contribution in [0.3, 0.4) is 0 Å². The minimum Gasteiger partial charge on any atom is -0.350 e. The Bertz CT molecular complexity index is 1090. The molecule has 0 aliphatic carbocycles. The summed E-state index contributed by atoms with van der Waals surface area (Å²) < 4.78 is 1.62. The molecular weight excluding hydrogens is 366 g/mol. The van der Waals surface area contributed by atoms with Crippen LogP contribution in [0.4, 0.5) is 5.82 Å². The average molecular weight is 391 g/mol. The second-order valence-corrected chi connectivity index (χ2v) is 7.30. The number of nitrogens with one attached hydrogen (secondary N) is 1. The Morgan fingerprint density at radius 1 is 1.17 bits per heavy atom. The molecule has 1 fully saturated rings. The SMILES string of the molecule is CCn1c(C)nc2ccc(N3CCC[C@@H]3C(=O)NCc3ccccc3)nc2c1=O. The maximum Gasteiger partial charge on any atom is 0.280 e. The molecule has 1 aromatic carbocycles. The van der Waals surface area contributed by atoms with E-state index in [4.69, 9.17) is 0 Å². The van der Waals surface area contributed by atoms with Crippen molar-refractivity contribution < 1.29 is 4.79 Å². The van der Waals surface area contributed by atoms with Gasteiger partial charge in [-0.3, -0.25) is 14.2 Å². The van der Waals surface area contributed by atoms with Gasteiger partial charge in [-0.15, -0.1) is 0 Å². The molecule has 1 saturated heterocycles. The highest BCUT2D eigenvalue weighted by atomic mass is 16.2. The van der Waals surface area contributed by atoms with E-state index in [9.17, 15) is 9.59 Å². The number of hydrogen-bond acceptors (Lipinski definition) is 5. The Balaban J connectivity index is 1.58. The van der Waals surface area contributed by atoms with E-state index < -0.39 is 0 Å². The van der Waals surface area contributed by atoms with Gasteiger partial charge in [-0.2, -0.15) is 0 Å². The molecule has 3 heterocycles. The van der Waals surface area contributed by atoms with Crippen LogP contribution in [0.15, 0.2) is 47.3 Å². The Kier molecular flexibility index (Phi) is 5.29. The van der Waals surface area contributed by atoms with Crippen LogP contribution in [0.2, 0.25) is 0 Å². The van der Waals surface area contributed by atoms with Crippen molar-refractivity contribution in [2.75, 3.05) is 11.4 Å². The highest BCUT2D eigenvalue weighted by molar-refractivity contribution is 5.86. The predicted molar refractivity (Wildman–Crippen MR) is 113 cm³/mol. The fourth-order valence-corrected chi connectivity index (χ4v) is 3.95. The number of benzene rings is 1. The van der Waals surface area contributed by atoms with E-state index in [1.54, 1.807) is 4.57 Å². The first-order chi connectivity index (χ1) is 14.1. The topological polar surface area (TPSA) is 80.1 Å². The van der Waals surface area contributed by atoms with Gasteiger partial charge >= 0.3 is 0 Å². The summed E-state index contributed by atoms with van der Waals surface area (Å²) in [6.07, 6.45) is 1.68. The molecule has 0 bridgehead atoms. The number of carbonyl (C=O) groups excluding carboxylic acids is 1. The molecule has 4 rings (SSSR count). The molecule has 0 unspecified atom stereocenters. The largest absolute Gasteiger partial charge is 0.350 e. The molecule has 0 spiro atoms. The molecule has 1 N–H and O–H groups in total. The van der Waals surface area contributed by atoms with Crippen LogP contribution in [0, 0.1) is 6.92 Å². The van der Waals surface area contributed by atoms with Crippen molar-refractivity contribution in [3.63, 3.8) is 0 Å². The third-order valence-electron chi connectivity index (χ3n) is 5.46. The van der Waals surface area contributed by atoms with Crippen molar-refractivity contribution in [2.45, 2.75) is 45.8 Å². The second kappa shape index (κ2) is 8.03. The lowest BCUT2D eigenvalue weighted by atomic mass is 10.2. The highest BCUT2D eigenvalue weighted by Gasteiger charge is 2.31. The van der Waals surface area contributed by atoms with E-state index >= 15 is 0 Å². The number of aryl methyl sites for hydroxylation is 1. The van der Waals surface area contributed by atoms with Gasteiger partial charge in [-0.05, 0) is 44.4 Å². The molecule has 0 saturated carbocycles. The number of fused-ring (bicyclic) bond motifs is 1. The third kappa shape index (κ3) is 3.72. The zero-order chi connectivity index (χ0) is 20.4. The number of aromatic nitrogens is 3. The van der Waals surface area contributed by atoms with Crippen LogP contribution >= 0.6 is 0 Å². The number of rotatable bonds is 5. The first-order valence-electron chi connectivity index (χ1n) is 10.0. The lowest BCUT2D eigenvalue weighted by molar-refractivity contribution is -0.122. The van der Waals surface area contributed by atoms with E-state index in [0.717, 1.165) is 24.9 Å². The van der Waals surface area contributed by atoms with Gasteiger partial charge in [0, 0.05) is 19.6 Å². The first kappa shape index (κ1) is 19.1. The Morgan fingerprint density at radius 2 is 1.97 bits per heavy atom. The van der Waals surface area contributed by atoms with Gasteiger partial charge in [0.2, 0.25) is 5.91 Å². The number of anilines is 1. The fraction of sp³-hybridized carbons (Fsp3) is 0.364. The van der Waals surface area contributed by atoms with Crippen LogP contribution in [-0.2, 0) is 17.9 Å². The van der Waals surface area contributed by atoms with Crippen molar-refractivity contribution in [3.05, 3.63) is 64.2 Å². The molecule has 1 aliphatic rings. The van der Waals surface area contributed by atoms with Gasteiger partial charge in [0.25, 0.3) is 5.56 Å². The molecule has 7 heteroatoms. The quantitative estimate of drug-likeness (QED) is 0.722. The number of carbonyl (C=O) groups is 1. The number of amides is 1. The van der Waals surface area contributed by atoms with Crippen LogP contribution in [0.1, 0.15) is 31.2 Å². The number of pyridine rings is 1. The molecule has 3 aromatic rings. The van der Waals surface area contributed by atoms with Gasteiger partial charge in [0.15, 0.2) is 5.52 Å². The molecule has 1 amide bonds. The lowest BCUT2D eigenvalue weighted by Gasteiger charge is -2.25. The van der Waals surface area contributed by atoms with Gasteiger partial charge < -0.3 is 10.2 Å². The zero-order valence-corrected chi connectivity index (χ0v) is 16.8. The summed E-state index contributed by atoms with van der Waals surface area (Å²) >= 11 is 0. The van der Waals surface area contributed by atoms with Gasteiger partial charge in [-0.1, -0.05) is 30.3 Å². The molecule has 1 atom stereocenters. The Hall–Kier alpha value is -3.22. The summed E-state index contributed by atoms with van der Waals surface area (Å²) in [5.41, 5.74) is 1.87. The Morgan fingerprint density at radius 3 is 2.72 bits per heavy atom. The van der Waals surface area contributed by atoms with Crippen molar-refractivity contribution in [1.29, 1.82) is 0 Å². The molecule has 29 heavy (non-hydrogen) atoms. The van der Waals surface area contributed by atoms with E-state index in [1.807, 2.05) is 61.2 Å². The van der Waals surface area contributed by atoms with Gasteiger partial charge in [0.05, 0.1) is 5.52 Å². The van der Waals surface area contributed by atoms with Gasteiger partial charge in [-0.25, -0.2) is 9.97 Å². The maximum atomic E-state index is 12.8. The van der Waals surface area contributed by atoms with Crippen molar-refractivity contribution >= 4 is 22.8 Å². The van der Waals surface area contributed by atoms with E-state index in [2.05, 4.69) is 15.3 Å². The molecule has 2 aromatic heterocycles. The number of nitrogens with zero attached hydrogens (tertiary/aromatic N) is 4. The lowest BCUT2D eigenvalue weighted by Crippen LogP contribution is -2.43. The van der Waals surface area contributed by atoms with Crippen molar-refractivity contribution in [3.8, 4) is 0 Å². The summed E-state index contributed by atoms with van der Waals surface area (Å²) in [7, 11) is 0. The molecule has 150 valence electrons. The highest BCUT2D eigenvalue weighted by Crippen LogP contribution is 2.25. The minimum absolute atomic E-state index is 0.0127. The van der Waals surface area contributed by atoms with E-state index in [0.29, 0.717) is 35.8 Å². The van der Waals surface area contributed by atoms with Crippen molar-refractivity contribution in [1.82, 2.24) is 19.9 Å². The zero-order valence-electron chi connectivity index (χ0n) is 16.8. The van der Waals surface area contributed by atoms with Gasteiger partial charge in [0.1, 0.15) is 17.7 Å². The molecular formula is C22H25N5O2. The summed E-state index contributed by atoms with van der Waals surface area (Å²) in [6.45, 7) is 5.53. The summed E-state index contributed by atoms with van der Waals surface area (Å²) in [6, 6.07) is 13.3. The summed E-state index contributed by atoms with van der Waals surface area (Å²) in [5.74, 6) is 1.32. The smallest absolute Gasteiger partial charge is 0.280 e. The van der Waals surface area contributed by atoms with Crippen LogP contribution in [0.5, 0.6) is 0 Å². The monoisotopic (exact) mass is 391 g/mol. The van der Waals surface area contributed by atoms with Crippen LogP contribution < -0.4 is 15.8 Å². The average Bonchev–Trinajstić information content (AvgIpc) is 3.23. The summed E-state index contributed by atoms with van der Waals surface area (Å²) in [4.78, 5) is 36.7. The van der Waals surface area contributed by atoms with Crippen molar-refractivity contribution in [2.24, 2.45) is 0 Å². The Labute approximate surface area is 169 Å². The fourth-order valence-electron chi connectivity index (χ4n) is 3.95. The minimum atomic E-state index is -0.282. The van der Waals surface area contributed by atoms with Crippen LogP contribution in [-0.4, -0.2) is 33.0 Å². The number of hydrogen-bond donors (Lipinski definition) is 1. The third-order valence-corrected chi connectivity index (χ3v) is 5.46. The van der Waals surface area contributed by atoms with E-state index in [-0.39, 0.29) is 17.5 Å². The molecule has 7 nitrogen and oxygen atoms in total. The predicted octanol–water partition coefficient (Wildman–Crippen LogP) is 2.41. The molecule has 1 aliphatic heterocycles. The standard InChI is InChI=1S/C22H25N5O2/c1-3-26-15(2)24-17-11-12-19(25-20(17)22(26)29)27-13-7-10-18(27)21(28)23-14-16-8-5-4-6-9-16/h4-6,8-9,11-12,18H,3,7,10,13-14H2,1-2H3,(H,23,28)/t18-/m1/s1. The van der Waals surface area contributed by atoms with Crippen LogP contribution in [0.25, 0.3) is 11.0 Å².